The molecule has 0 saturated carbocycles. The van der Waals surface area contributed by atoms with Gasteiger partial charge in [-0.25, -0.2) is 0 Å². The average molecular weight is 329 g/mol. The van der Waals surface area contributed by atoms with Crippen molar-refractivity contribution in [2.45, 2.75) is 47.1 Å². The highest BCUT2D eigenvalue weighted by molar-refractivity contribution is 5.75. The summed E-state index contributed by atoms with van der Waals surface area (Å²) in [5.74, 6) is -0.0331. The number of carbonyl (C=O) groups is 1. The Bertz CT molecular complexity index is 605. The zero-order chi connectivity index (χ0) is 18.1. The molecular formula is C20H31N3O. The maximum absolute atomic E-state index is 11.4. The van der Waals surface area contributed by atoms with E-state index in [2.05, 4.69) is 53.3 Å². The molecule has 1 aliphatic heterocycles. The van der Waals surface area contributed by atoms with Gasteiger partial charge >= 0.3 is 0 Å². The molecule has 0 radical (unpaired) electrons. The molecule has 1 amide bonds. The van der Waals surface area contributed by atoms with E-state index in [9.17, 15) is 4.79 Å². The summed E-state index contributed by atoms with van der Waals surface area (Å²) in [4.78, 5) is 13.5. The Morgan fingerprint density at radius 3 is 2.67 bits per heavy atom. The first-order valence-electron chi connectivity index (χ1n) is 8.68. The standard InChI is InChI=1S/C18H25N3O.C2H6/c1-13-7-5-8-16(11-13)12-19-14(2)18-17(20-15(3)22)9-6-10-21(18)4;1-2/h5,7-8,11,19H,2,6,9-10,12H2,1,3-4H3,(H,20,22);1-2H3. The van der Waals surface area contributed by atoms with Crippen molar-refractivity contribution in [1.29, 1.82) is 0 Å². The molecule has 0 saturated heterocycles. The lowest BCUT2D eigenvalue weighted by Gasteiger charge is -2.32. The van der Waals surface area contributed by atoms with E-state index < -0.39 is 0 Å². The number of amides is 1. The van der Waals surface area contributed by atoms with Crippen LogP contribution in [-0.4, -0.2) is 24.4 Å². The summed E-state index contributed by atoms with van der Waals surface area (Å²) >= 11 is 0. The molecule has 0 bridgehead atoms. The Kier molecular flexibility index (Phi) is 8.10. The topological polar surface area (TPSA) is 44.4 Å². The quantitative estimate of drug-likeness (QED) is 0.866. The van der Waals surface area contributed by atoms with Crippen LogP contribution in [0.1, 0.15) is 44.7 Å². The minimum atomic E-state index is -0.0331. The van der Waals surface area contributed by atoms with Crippen molar-refractivity contribution in [1.82, 2.24) is 15.5 Å². The molecular weight excluding hydrogens is 298 g/mol. The minimum Gasteiger partial charge on any atom is -0.380 e. The molecule has 4 nitrogen and oxygen atoms in total. The minimum absolute atomic E-state index is 0.0331. The molecule has 1 aromatic rings. The summed E-state index contributed by atoms with van der Waals surface area (Å²) in [5.41, 5.74) is 5.30. The van der Waals surface area contributed by atoms with Gasteiger partial charge in [0.05, 0.1) is 11.4 Å². The van der Waals surface area contributed by atoms with Crippen LogP contribution in [0.25, 0.3) is 0 Å². The number of aryl methyl sites for hydroxylation is 1. The largest absolute Gasteiger partial charge is 0.380 e. The Labute approximate surface area is 146 Å². The number of carbonyl (C=O) groups excluding carboxylic acids is 1. The first-order valence-corrected chi connectivity index (χ1v) is 8.68. The molecule has 0 unspecified atom stereocenters. The van der Waals surface area contributed by atoms with Crippen LogP contribution in [0.5, 0.6) is 0 Å². The van der Waals surface area contributed by atoms with E-state index in [0.29, 0.717) is 0 Å². The molecule has 132 valence electrons. The Morgan fingerprint density at radius 1 is 1.33 bits per heavy atom. The van der Waals surface area contributed by atoms with Crippen LogP contribution in [0.2, 0.25) is 0 Å². The molecule has 1 aliphatic rings. The number of nitrogens with one attached hydrogen (secondary N) is 2. The van der Waals surface area contributed by atoms with E-state index in [0.717, 1.165) is 43.0 Å². The number of benzene rings is 1. The Hall–Kier alpha value is -2.23. The van der Waals surface area contributed by atoms with Crippen molar-refractivity contribution in [3.63, 3.8) is 0 Å². The summed E-state index contributed by atoms with van der Waals surface area (Å²) in [6.45, 7) is 13.5. The van der Waals surface area contributed by atoms with Crippen LogP contribution in [-0.2, 0) is 11.3 Å². The van der Waals surface area contributed by atoms with E-state index in [1.165, 1.54) is 11.1 Å². The molecule has 0 atom stereocenters. The number of hydrogen-bond acceptors (Lipinski definition) is 3. The highest BCUT2D eigenvalue weighted by Crippen LogP contribution is 2.23. The van der Waals surface area contributed by atoms with Crippen molar-refractivity contribution < 1.29 is 4.79 Å². The first kappa shape index (κ1) is 19.8. The molecule has 0 aromatic heterocycles. The van der Waals surface area contributed by atoms with Gasteiger partial charge in [-0.3, -0.25) is 4.79 Å². The maximum atomic E-state index is 11.4. The van der Waals surface area contributed by atoms with Crippen molar-refractivity contribution >= 4 is 5.91 Å². The van der Waals surface area contributed by atoms with E-state index in [4.69, 9.17) is 0 Å². The molecule has 0 aliphatic carbocycles. The molecule has 4 heteroatoms. The maximum Gasteiger partial charge on any atom is 0.221 e. The Morgan fingerprint density at radius 2 is 2.04 bits per heavy atom. The zero-order valence-electron chi connectivity index (χ0n) is 15.7. The second kappa shape index (κ2) is 9.81. The smallest absolute Gasteiger partial charge is 0.221 e. The Balaban J connectivity index is 0.00000139. The highest BCUT2D eigenvalue weighted by atomic mass is 16.1. The van der Waals surface area contributed by atoms with Gasteiger partial charge in [-0.15, -0.1) is 0 Å². The summed E-state index contributed by atoms with van der Waals surface area (Å²) in [5, 5.41) is 6.33. The van der Waals surface area contributed by atoms with Gasteiger partial charge in [-0.2, -0.15) is 0 Å². The predicted octanol–water partition coefficient (Wildman–Crippen LogP) is 3.70. The van der Waals surface area contributed by atoms with Gasteiger partial charge in [0.15, 0.2) is 0 Å². The third-order valence-electron chi connectivity index (χ3n) is 3.79. The SMILES string of the molecule is C=C(NCc1cccc(C)c1)C1=C(NC(C)=O)CCCN1C.CC. The number of likely N-dealkylation sites (N-methyl/N-ethyl adjacent to an activating group) is 1. The summed E-state index contributed by atoms with van der Waals surface area (Å²) < 4.78 is 0. The molecule has 2 N–H and O–H groups in total. The summed E-state index contributed by atoms with van der Waals surface area (Å²) in [6, 6.07) is 8.41. The molecule has 2 rings (SSSR count). The van der Waals surface area contributed by atoms with Crippen LogP contribution in [0.15, 0.2) is 47.9 Å². The number of rotatable bonds is 5. The van der Waals surface area contributed by atoms with Crippen molar-refractivity contribution in [3.8, 4) is 0 Å². The van der Waals surface area contributed by atoms with Gasteiger partial charge in [0, 0.05) is 32.8 Å². The van der Waals surface area contributed by atoms with E-state index in [-0.39, 0.29) is 5.91 Å². The molecule has 1 aromatic carbocycles. The second-order valence-corrected chi connectivity index (χ2v) is 5.85. The van der Waals surface area contributed by atoms with Crippen molar-refractivity contribution in [2.75, 3.05) is 13.6 Å². The fourth-order valence-corrected chi connectivity index (χ4v) is 2.81. The van der Waals surface area contributed by atoms with Crippen LogP contribution in [0.4, 0.5) is 0 Å². The number of nitrogens with zero attached hydrogens (tertiary/aromatic N) is 1. The van der Waals surface area contributed by atoms with Gasteiger partial charge < -0.3 is 15.5 Å². The van der Waals surface area contributed by atoms with Crippen LogP contribution >= 0.6 is 0 Å². The van der Waals surface area contributed by atoms with Crippen LogP contribution in [0, 0.1) is 6.92 Å². The first-order chi connectivity index (χ1) is 11.5. The third kappa shape index (κ3) is 5.76. The lowest BCUT2D eigenvalue weighted by molar-refractivity contribution is -0.118. The van der Waals surface area contributed by atoms with E-state index >= 15 is 0 Å². The van der Waals surface area contributed by atoms with Crippen molar-refractivity contribution in [2.24, 2.45) is 0 Å². The van der Waals surface area contributed by atoms with Gasteiger partial charge in [0.25, 0.3) is 0 Å². The fraction of sp³-hybridized carbons (Fsp3) is 0.450. The zero-order valence-corrected chi connectivity index (χ0v) is 15.7. The fourth-order valence-electron chi connectivity index (χ4n) is 2.81. The summed E-state index contributed by atoms with van der Waals surface area (Å²) in [7, 11) is 2.04. The van der Waals surface area contributed by atoms with Gasteiger partial charge in [-0.05, 0) is 25.3 Å². The molecule has 1 heterocycles. The summed E-state index contributed by atoms with van der Waals surface area (Å²) in [6.07, 6.45) is 1.92. The normalized spacial score (nSPS) is 13.8. The second-order valence-electron chi connectivity index (χ2n) is 5.85. The van der Waals surface area contributed by atoms with Crippen LogP contribution < -0.4 is 10.6 Å². The lowest BCUT2D eigenvalue weighted by atomic mass is 10.1. The van der Waals surface area contributed by atoms with Crippen LogP contribution in [0.3, 0.4) is 0 Å². The van der Waals surface area contributed by atoms with Crippen molar-refractivity contribution in [3.05, 3.63) is 59.1 Å². The molecule has 0 spiro atoms. The van der Waals surface area contributed by atoms with Gasteiger partial charge in [0.1, 0.15) is 0 Å². The average Bonchev–Trinajstić information content (AvgIpc) is 2.54. The predicted molar refractivity (Wildman–Crippen MR) is 101 cm³/mol. The van der Waals surface area contributed by atoms with E-state index in [1.807, 2.05) is 20.9 Å². The highest BCUT2D eigenvalue weighted by Gasteiger charge is 2.20. The number of hydrogen-bond donors (Lipinski definition) is 2. The lowest BCUT2D eigenvalue weighted by Crippen LogP contribution is -2.35. The van der Waals surface area contributed by atoms with Gasteiger partial charge in [-0.1, -0.05) is 50.3 Å². The van der Waals surface area contributed by atoms with E-state index in [1.54, 1.807) is 6.92 Å². The number of allylic oxidation sites excluding steroid dienone is 1. The van der Waals surface area contributed by atoms with Gasteiger partial charge in [0.2, 0.25) is 5.91 Å². The monoisotopic (exact) mass is 329 g/mol. The molecule has 0 fully saturated rings. The third-order valence-corrected chi connectivity index (χ3v) is 3.79. The molecule has 24 heavy (non-hydrogen) atoms.